The summed E-state index contributed by atoms with van der Waals surface area (Å²) < 4.78 is 5.86. The van der Waals surface area contributed by atoms with Crippen molar-refractivity contribution in [1.29, 1.82) is 0 Å². The molecule has 1 aliphatic heterocycles. The highest BCUT2D eigenvalue weighted by molar-refractivity contribution is 5.69. The van der Waals surface area contributed by atoms with Crippen molar-refractivity contribution in [3.05, 3.63) is 35.9 Å². The molecule has 1 aliphatic rings. The molecule has 0 unspecified atom stereocenters. The molecular weight excluding hydrogens is 252 g/mol. The van der Waals surface area contributed by atoms with Crippen LogP contribution in [-0.2, 0) is 15.1 Å². The first kappa shape index (κ1) is 15.0. The van der Waals surface area contributed by atoms with Crippen LogP contribution in [0.15, 0.2) is 30.3 Å². The average Bonchev–Trinajstić information content (AvgIpc) is 2.48. The molecule has 1 aromatic rings. The molecule has 0 spiro atoms. The predicted octanol–water partition coefficient (Wildman–Crippen LogP) is 2.41. The number of ether oxygens (including phenoxy) is 1. The lowest BCUT2D eigenvalue weighted by Gasteiger charge is -2.43. The molecular formula is C16H24N2O2. The summed E-state index contributed by atoms with van der Waals surface area (Å²) in [6.07, 6.45) is 2.09. The second-order valence-electron chi connectivity index (χ2n) is 5.49. The fourth-order valence-corrected chi connectivity index (χ4v) is 2.74. The Balaban J connectivity index is 2.21. The second-order valence-corrected chi connectivity index (χ2v) is 5.49. The lowest BCUT2D eigenvalue weighted by molar-refractivity contribution is -0.171. The first-order valence-corrected chi connectivity index (χ1v) is 7.27. The van der Waals surface area contributed by atoms with E-state index in [9.17, 15) is 4.79 Å². The van der Waals surface area contributed by atoms with E-state index in [4.69, 9.17) is 4.74 Å². The zero-order valence-electron chi connectivity index (χ0n) is 12.6. The van der Waals surface area contributed by atoms with Gasteiger partial charge in [-0.05, 0) is 5.56 Å². The Morgan fingerprint density at radius 1 is 1.25 bits per heavy atom. The number of carbonyl (C=O) groups excluding carboxylic acids is 1. The number of hydrazine groups is 1. The Morgan fingerprint density at radius 3 is 2.35 bits per heavy atom. The Morgan fingerprint density at radius 2 is 1.85 bits per heavy atom. The highest BCUT2D eigenvalue weighted by Crippen LogP contribution is 2.37. The molecule has 4 heteroatoms. The first-order chi connectivity index (χ1) is 9.57. The number of rotatable bonds is 4. The number of esters is 1. The van der Waals surface area contributed by atoms with Crippen LogP contribution in [0, 0.1) is 0 Å². The summed E-state index contributed by atoms with van der Waals surface area (Å²) in [6.45, 7) is 3.65. The van der Waals surface area contributed by atoms with Crippen LogP contribution in [0.25, 0.3) is 0 Å². The van der Waals surface area contributed by atoms with Crippen LogP contribution in [-0.4, -0.2) is 43.2 Å². The number of hydrogen-bond donors (Lipinski definition) is 0. The smallest absolute Gasteiger partial charge is 0.306 e. The Hall–Kier alpha value is -1.39. The summed E-state index contributed by atoms with van der Waals surface area (Å²) in [5.74, 6) is -0.118. The van der Waals surface area contributed by atoms with Crippen molar-refractivity contribution in [1.82, 2.24) is 10.0 Å². The summed E-state index contributed by atoms with van der Waals surface area (Å²) in [4.78, 5) is 11.8. The van der Waals surface area contributed by atoms with Crippen molar-refractivity contribution in [2.75, 3.05) is 27.2 Å². The van der Waals surface area contributed by atoms with E-state index in [2.05, 4.69) is 22.2 Å². The van der Waals surface area contributed by atoms with Gasteiger partial charge in [0, 0.05) is 46.4 Å². The molecule has 1 fully saturated rings. The highest BCUT2D eigenvalue weighted by atomic mass is 16.6. The van der Waals surface area contributed by atoms with E-state index in [1.165, 1.54) is 0 Å². The highest BCUT2D eigenvalue weighted by Gasteiger charge is 2.39. The minimum atomic E-state index is -0.457. The molecule has 0 saturated carbocycles. The SMILES string of the molecule is CCC(=O)OC1(c2ccccc2)CCN(N(C)C)CC1. The van der Waals surface area contributed by atoms with Gasteiger partial charge in [-0.25, -0.2) is 10.0 Å². The summed E-state index contributed by atoms with van der Waals surface area (Å²) in [6, 6.07) is 10.1. The Kier molecular flexibility index (Phi) is 4.78. The molecule has 0 radical (unpaired) electrons. The molecule has 110 valence electrons. The van der Waals surface area contributed by atoms with Gasteiger partial charge in [-0.2, -0.15) is 0 Å². The molecule has 2 rings (SSSR count). The summed E-state index contributed by atoms with van der Waals surface area (Å²) in [7, 11) is 4.10. The van der Waals surface area contributed by atoms with Crippen molar-refractivity contribution < 1.29 is 9.53 Å². The molecule has 1 saturated heterocycles. The predicted molar refractivity (Wildman–Crippen MR) is 79.0 cm³/mol. The topological polar surface area (TPSA) is 32.8 Å². The monoisotopic (exact) mass is 276 g/mol. The minimum Gasteiger partial charge on any atom is -0.454 e. The average molecular weight is 276 g/mol. The summed E-state index contributed by atoms with van der Waals surface area (Å²) in [5, 5.41) is 4.39. The molecule has 0 aromatic heterocycles. The summed E-state index contributed by atoms with van der Waals surface area (Å²) >= 11 is 0. The number of benzene rings is 1. The van der Waals surface area contributed by atoms with Crippen LogP contribution in [0.3, 0.4) is 0 Å². The number of nitrogens with zero attached hydrogens (tertiary/aromatic N) is 2. The molecule has 1 heterocycles. The van der Waals surface area contributed by atoms with Gasteiger partial charge in [0.05, 0.1) is 0 Å². The van der Waals surface area contributed by atoms with Crippen LogP contribution < -0.4 is 0 Å². The molecule has 0 atom stereocenters. The van der Waals surface area contributed by atoms with Crippen LogP contribution in [0.4, 0.5) is 0 Å². The standard InChI is InChI=1S/C16H24N2O2/c1-4-15(19)20-16(14-8-6-5-7-9-14)10-12-18(13-11-16)17(2)3/h5-9H,4,10-13H2,1-3H3. The van der Waals surface area contributed by atoms with Crippen molar-refractivity contribution in [2.45, 2.75) is 31.8 Å². The van der Waals surface area contributed by atoms with Crippen LogP contribution in [0.2, 0.25) is 0 Å². The molecule has 0 aliphatic carbocycles. The van der Waals surface area contributed by atoms with Gasteiger partial charge in [-0.3, -0.25) is 4.79 Å². The molecule has 0 amide bonds. The van der Waals surface area contributed by atoms with E-state index in [1.54, 1.807) is 0 Å². The Bertz CT molecular complexity index is 437. The van der Waals surface area contributed by atoms with E-state index in [0.29, 0.717) is 6.42 Å². The maximum Gasteiger partial charge on any atom is 0.306 e. The quantitative estimate of drug-likeness (QED) is 0.791. The molecule has 1 aromatic carbocycles. The molecule has 4 nitrogen and oxygen atoms in total. The number of piperidine rings is 1. The fourth-order valence-electron chi connectivity index (χ4n) is 2.74. The van der Waals surface area contributed by atoms with Crippen LogP contribution in [0.1, 0.15) is 31.7 Å². The maximum absolute atomic E-state index is 11.8. The third-order valence-corrected chi connectivity index (χ3v) is 4.01. The third kappa shape index (κ3) is 3.19. The van der Waals surface area contributed by atoms with Gasteiger partial charge in [-0.1, -0.05) is 37.3 Å². The van der Waals surface area contributed by atoms with Crippen molar-refractivity contribution >= 4 is 5.97 Å². The van der Waals surface area contributed by atoms with Gasteiger partial charge in [0.15, 0.2) is 0 Å². The molecule has 0 N–H and O–H groups in total. The van der Waals surface area contributed by atoms with E-state index in [-0.39, 0.29) is 5.97 Å². The normalized spacial score (nSPS) is 19.0. The van der Waals surface area contributed by atoms with Gasteiger partial charge in [0.1, 0.15) is 5.60 Å². The lowest BCUT2D eigenvalue weighted by Crippen LogP contribution is -2.49. The molecule has 20 heavy (non-hydrogen) atoms. The van der Waals surface area contributed by atoms with Gasteiger partial charge >= 0.3 is 5.97 Å². The summed E-state index contributed by atoms with van der Waals surface area (Å²) in [5.41, 5.74) is 0.654. The zero-order valence-corrected chi connectivity index (χ0v) is 12.6. The van der Waals surface area contributed by atoms with Crippen molar-refractivity contribution in [2.24, 2.45) is 0 Å². The largest absolute Gasteiger partial charge is 0.454 e. The maximum atomic E-state index is 11.8. The Labute approximate surface area is 121 Å². The van der Waals surface area contributed by atoms with E-state index < -0.39 is 5.60 Å². The zero-order chi connectivity index (χ0) is 14.6. The number of carbonyl (C=O) groups is 1. The van der Waals surface area contributed by atoms with E-state index in [1.807, 2.05) is 39.2 Å². The lowest BCUT2D eigenvalue weighted by atomic mass is 9.84. The minimum absolute atomic E-state index is 0.118. The van der Waals surface area contributed by atoms with Crippen molar-refractivity contribution in [3.8, 4) is 0 Å². The van der Waals surface area contributed by atoms with Gasteiger partial charge in [0.2, 0.25) is 0 Å². The second kappa shape index (κ2) is 6.37. The van der Waals surface area contributed by atoms with Crippen LogP contribution >= 0.6 is 0 Å². The van der Waals surface area contributed by atoms with E-state index in [0.717, 1.165) is 31.5 Å². The molecule has 0 bridgehead atoms. The third-order valence-electron chi connectivity index (χ3n) is 4.01. The van der Waals surface area contributed by atoms with Gasteiger partial charge in [-0.15, -0.1) is 0 Å². The first-order valence-electron chi connectivity index (χ1n) is 7.27. The van der Waals surface area contributed by atoms with Crippen LogP contribution in [0.5, 0.6) is 0 Å². The van der Waals surface area contributed by atoms with Gasteiger partial charge in [0.25, 0.3) is 0 Å². The fraction of sp³-hybridized carbons (Fsp3) is 0.562. The van der Waals surface area contributed by atoms with Gasteiger partial charge < -0.3 is 4.74 Å². The number of hydrogen-bond acceptors (Lipinski definition) is 4. The van der Waals surface area contributed by atoms with E-state index >= 15 is 0 Å². The van der Waals surface area contributed by atoms with Crippen molar-refractivity contribution in [3.63, 3.8) is 0 Å².